The molecule has 0 fully saturated rings. The molecule has 96 valence electrons. The fraction of sp³-hybridized carbons (Fsp3) is 0.417. The van der Waals surface area contributed by atoms with Gasteiger partial charge in [0.25, 0.3) is 0 Å². The molecule has 0 saturated carbocycles. The Kier molecular flexibility index (Phi) is 4.01. The highest BCUT2D eigenvalue weighted by molar-refractivity contribution is 5.59. The highest BCUT2D eigenvalue weighted by atomic mass is 16.5. The monoisotopic (exact) mass is 248 g/mol. The van der Waals surface area contributed by atoms with E-state index in [0.29, 0.717) is 13.3 Å². The Morgan fingerprint density at radius 3 is 2.89 bits per heavy atom. The molecule has 0 spiro atoms. The van der Waals surface area contributed by atoms with Crippen molar-refractivity contribution in [1.29, 1.82) is 0 Å². The molecule has 18 heavy (non-hydrogen) atoms. The number of imidazole rings is 1. The van der Waals surface area contributed by atoms with E-state index in [1.54, 1.807) is 12.5 Å². The van der Waals surface area contributed by atoms with E-state index in [-0.39, 0.29) is 6.61 Å². The number of aliphatic hydroxyl groups excluding tert-OH is 1. The summed E-state index contributed by atoms with van der Waals surface area (Å²) in [5.74, 6) is 0.752. The Balaban J connectivity index is 2.13. The number of rotatable bonds is 5. The van der Waals surface area contributed by atoms with Gasteiger partial charge in [-0.2, -0.15) is 0 Å². The van der Waals surface area contributed by atoms with Gasteiger partial charge >= 0.3 is 0 Å². The van der Waals surface area contributed by atoms with Gasteiger partial charge in [-0.1, -0.05) is 0 Å². The molecule has 6 heteroatoms. The van der Waals surface area contributed by atoms with E-state index in [1.165, 1.54) is 0 Å². The molecule has 2 aromatic rings. The predicted octanol–water partition coefficient (Wildman–Crippen LogP) is 0.923. The van der Waals surface area contributed by atoms with Crippen LogP contribution in [-0.2, 0) is 11.5 Å². The topological polar surface area (TPSA) is 73.1 Å². The van der Waals surface area contributed by atoms with E-state index < -0.39 is 0 Å². The maximum absolute atomic E-state index is 8.62. The summed E-state index contributed by atoms with van der Waals surface area (Å²) >= 11 is 0. The van der Waals surface area contributed by atoms with Gasteiger partial charge in [-0.15, -0.1) is 0 Å². The molecule has 0 unspecified atom stereocenters. The van der Waals surface area contributed by atoms with Crippen molar-refractivity contribution in [2.75, 3.05) is 13.2 Å². The van der Waals surface area contributed by atoms with Gasteiger partial charge in [0.2, 0.25) is 0 Å². The first-order valence-electron chi connectivity index (χ1n) is 5.71. The molecular formula is C12H16N4O2. The van der Waals surface area contributed by atoms with Crippen LogP contribution >= 0.6 is 0 Å². The zero-order valence-corrected chi connectivity index (χ0v) is 10.5. The molecule has 2 rings (SSSR count). The molecule has 0 aromatic carbocycles. The molecule has 0 saturated heterocycles. The Hall–Kier alpha value is -1.79. The van der Waals surface area contributed by atoms with E-state index in [9.17, 15) is 0 Å². The third-order valence-electron chi connectivity index (χ3n) is 2.48. The molecular weight excluding hydrogens is 232 g/mol. The maximum Gasteiger partial charge on any atom is 0.125 e. The van der Waals surface area contributed by atoms with Gasteiger partial charge in [0.1, 0.15) is 12.6 Å². The van der Waals surface area contributed by atoms with Crippen LogP contribution in [-0.4, -0.2) is 37.8 Å². The minimum Gasteiger partial charge on any atom is -0.394 e. The summed E-state index contributed by atoms with van der Waals surface area (Å²) in [6, 6.07) is 0. The van der Waals surface area contributed by atoms with Crippen LogP contribution in [0.5, 0.6) is 0 Å². The van der Waals surface area contributed by atoms with Crippen LogP contribution < -0.4 is 0 Å². The molecule has 0 bridgehead atoms. The summed E-state index contributed by atoms with van der Waals surface area (Å²) in [7, 11) is 0. The lowest BCUT2D eigenvalue weighted by molar-refractivity contribution is 0.0482. The minimum atomic E-state index is 0.0203. The van der Waals surface area contributed by atoms with E-state index >= 15 is 0 Å². The second-order valence-electron chi connectivity index (χ2n) is 3.95. The maximum atomic E-state index is 8.62. The Bertz CT molecular complexity index is 525. The number of aromatic nitrogens is 4. The zero-order chi connectivity index (χ0) is 13.0. The van der Waals surface area contributed by atoms with Gasteiger partial charge < -0.3 is 14.4 Å². The second-order valence-corrected chi connectivity index (χ2v) is 3.95. The molecule has 0 atom stereocenters. The van der Waals surface area contributed by atoms with Crippen LogP contribution in [0.1, 0.15) is 11.5 Å². The lowest BCUT2D eigenvalue weighted by atomic mass is 10.2. The van der Waals surface area contributed by atoms with Crippen molar-refractivity contribution in [2.45, 2.75) is 20.6 Å². The second kappa shape index (κ2) is 5.70. The normalized spacial score (nSPS) is 10.8. The number of nitrogens with zero attached hydrogens (tertiary/aromatic N) is 4. The van der Waals surface area contributed by atoms with Crippen molar-refractivity contribution >= 4 is 0 Å². The molecule has 2 aromatic heterocycles. The molecule has 1 N–H and O–H groups in total. The first kappa shape index (κ1) is 12.7. The molecule has 6 nitrogen and oxygen atoms in total. The summed E-state index contributed by atoms with van der Waals surface area (Å²) < 4.78 is 7.02. The van der Waals surface area contributed by atoms with E-state index in [0.717, 1.165) is 22.8 Å². The van der Waals surface area contributed by atoms with Crippen LogP contribution in [0.15, 0.2) is 18.7 Å². The van der Waals surface area contributed by atoms with Crippen molar-refractivity contribution in [1.82, 2.24) is 19.5 Å². The van der Waals surface area contributed by atoms with E-state index in [1.807, 2.05) is 24.6 Å². The Labute approximate surface area is 105 Å². The molecule has 0 aliphatic carbocycles. The number of aliphatic hydroxyl groups is 1. The molecule has 0 radical (unpaired) electrons. The van der Waals surface area contributed by atoms with Crippen molar-refractivity contribution in [3.8, 4) is 11.3 Å². The fourth-order valence-electron chi connectivity index (χ4n) is 1.64. The van der Waals surface area contributed by atoms with Gasteiger partial charge in [0.05, 0.1) is 30.9 Å². The number of hydrogen-bond donors (Lipinski definition) is 1. The van der Waals surface area contributed by atoms with Gasteiger partial charge in [0.15, 0.2) is 0 Å². The standard InChI is InChI=1S/C12H16N4O2/c1-9-11(5-13-10(2)15-9)12-6-16(7-14-12)8-18-4-3-17/h5-7,17H,3-4,8H2,1-2H3. The largest absolute Gasteiger partial charge is 0.394 e. The average molecular weight is 248 g/mol. The molecule has 0 aliphatic heterocycles. The number of hydrogen-bond acceptors (Lipinski definition) is 5. The average Bonchev–Trinajstić information content (AvgIpc) is 2.78. The summed E-state index contributed by atoms with van der Waals surface area (Å²) in [5, 5.41) is 8.62. The van der Waals surface area contributed by atoms with Crippen LogP contribution in [0.25, 0.3) is 11.3 Å². The molecule has 2 heterocycles. The van der Waals surface area contributed by atoms with Crippen LogP contribution in [0, 0.1) is 13.8 Å². The first-order valence-corrected chi connectivity index (χ1v) is 5.71. The van der Waals surface area contributed by atoms with Crippen molar-refractivity contribution in [2.24, 2.45) is 0 Å². The summed E-state index contributed by atoms with van der Waals surface area (Å²) in [6.07, 6.45) is 5.34. The molecule has 0 amide bonds. The van der Waals surface area contributed by atoms with Crippen LogP contribution in [0.3, 0.4) is 0 Å². The summed E-state index contributed by atoms with van der Waals surface area (Å²) in [4.78, 5) is 12.8. The summed E-state index contributed by atoms with van der Waals surface area (Å²) in [6.45, 7) is 4.51. The highest BCUT2D eigenvalue weighted by Gasteiger charge is 2.07. The predicted molar refractivity (Wildman–Crippen MR) is 65.8 cm³/mol. The van der Waals surface area contributed by atoms with Crippen LogP contribution in [0.2, 0.25) is 0 Å². The lowest BCUT2D eigenvalue weighted by Crippen LogP contribution is -2.03. The smallest absolute Gasteiger partial charge is 0.125 e. The van der Waals surface area contributed by atoms with Gasteiger partial charge in [-0.3, -0.25) is 0 Å². The third kappa shape index (κ3) is 2.91. The van der Waals surface area contributed by atoms with Gasteiger partial charge in [-0.05, 0) is 13.8 Å². The van der Waals surface area contributed by atoms with E-state index in [4.69, 9.17) is 9.84 Å². The van der Waals surface area contributed by atoms with Crippen molar-refractivity contribution < 1.29 is 9.84 Å². The lowest BCUT2D eigenvalue weighted by Gasteiger charge is -2.03. The Morgan fingerprint density at radius 1 is 1.33 bits per heavy atom. The fourth-order valence-corrected chi connectivity index (χ4v) is 1.64. The number of ether oxygens (including phenoxy) is 1. The van der Waals surface area contributed by atoms with Crippen molar-refractivity contribution in [3.63, 3.8) is 0 Å². The minimum absolute atomic E-state index is 0.0203. The first-order chi connectivity index (χ1) is 8.70. The highest BCUT2D eigenvalue weighted by Crippen LogP contribution is 2.18. The Morgan fingerprint density at radius 2 is 2.17 bits per heavy atom. The third-order valence-corrected chi connectivity index (χ3v) is 2.48. The van der Waals surface area contributed by atoms with Crippen LogP contribution in [0.4, 0.5) is 0 Å². The summed E-state index contributed by atoms with van der Waals surface area (Å²) in [5.41, 5.74) is 2.64. The van der Waals surface area contributed by atoms with Gasteiger partial charge in [0, 0.05) is 18.0 Å². The zero-order valence-electron chi connectivity index (χ0n) is 10.5. The number of aryl methyl sites for hydroxylation is 2. The molecule has 0 aliphatic rings. The SMILES string of the molecule is Cc1ncc(-c2cn(COCCO)cn2)c(C)n1. The quantitative estimate of drug-likeness (QED) is 0.797. The van der Waals surface area contributed by atoms with Crippen molar-refractivity contribution in [3.05, 3.63) is 30.2 Å². The van der Waals surface area contributed by atoms with Gasteiger partial charge in [-0.25, -0.2) is 15.0 Å². The van der Waals surface area contributed by atoms with E-state index in [2.05, 4.69) is 15.0 Å².